The fourth-order valence-electron chi connectivity index (χ4n) is 0.988. The van der Waals surface area contributed by atoms with Gasteiger partial charge in [0.1, 0.15) is 0 Å². The Kier molecular flexibility index (Phi) is 3.47. The predicted octanol–water partition coefficient (Wildman–Crippen LogP) is 1.06. The average molecular weight is 128 g/mol. The minimum absolute atomic E-state index is 0.106. The standard InChI is InChI=1S/C7H16N2/c1-5(2)7(9-4)6(3)8/h5-6H,8H2,1-4H3. The molecule has 2 heteroatoms. The van der Waals surface area contributed by atoms with E-state index in [2.05, 4.69) is 18.8 Å². The molecule has 2 N–H and O–H groups in total. The first kappa shape index (κ1) is 8.63. The Bertz CT molecular complexity index is 93.5. The molecule has 0 amide bonds. The summed E-state index contributed by atoms with van der Waals surface area (Å²) < 4.78 is 0. The van der Waals surface area contributed by atoms with E-state index in [9.17, 15) is 0 Å². The first-order valence-corrected chi connectivity index (χ1v) is 3.31. The van der Waals surface area contributed by atoms with Crippen molar-refractivity contribution >= 4 is 5.71 Å². The van der Waals surface area contributed by atoms with Gasteiger partial charge in [0, 0.05) is 18.8 Å². The molecule has 1 unspecified atom stereocenters. The van der Waals surface area contributed by atoms with Gasteiger partial charge in [-0.05, 0) is 12.8 Å². The van der Waals surface area contributed by atoms with E-state index in [0.717, 1.165) is 5.71 Å². The van der Waals surface area contributed by atoms with Crippen LogP contribution < -0.4 is 5.73 Å². The molecule has 0 rings (SSSR count). The molecule has 0 bridgehead atoms. The number of rotatable bonds is 2. The molecular weight excluding hydrogens is 112 g/mol. The second-order valence-corrected chi connectivity index (χ2v) is 2.59. The summed E-state index contributed by atoms with van der Waals surface area (Å²) in [6.45, 7) is 6.17. The van der Waals surface area contributed by atoms with Gasteiger partial charge >= 0.3 is 0 Å². The van der Waals surface area contributed by atoms with Crippen LogP contribution in [0.25, 0.3) is 0 Å². The molecule has 0 fully saturated rings. The van der Waals surface area contributed by atoms with Crippen molar-refractivity contribution in [3.05, 3.63) is 0 Å². The first-order valence-electron chi connectivity index (χ1n) is 3.31. The highest BCUT2D eigenvalue weighted by molar-refractivity contribution is 5.90. The van der Waals surface area contributed by atoms with Gasteiger partial charge in [-0.1, -0.05) is 13.8 Å². The van der Waals surface area contributed by atoms with Crippen LogP contribution in [0.3, 0.4) is 0 Å². The quantitative estimate of drug-likeness (QED) is 0.555. The minimum atomic E-state index is 0.106. The molecule has 0 saturated carbocycles. The molecule has 0 aromatic heterocycles. The SMILES string of the molecule is CN=C(C(C)C)C(C)N. The van der Waals surface area contributed by atoms with Crippen LogP contribution in [0.15, 0.2) is 4.99 Å². The summed E-state index contributed by atoms with van der Waals surface area (Å²) in [5.74, 6) is 0.481. The highest BCUT2D eigenvalue weighted by atomic mass is 14.8. The molecule has 0 saturated heterocycles. The summed E-state index contributed by atoms with van der Waals surface area (Å²) in [4.78, 5) is 4.08. The highest BCUT2D eigenvalue weighted by Crippen LogP contribution is 1.99. The van der Waals surface area contributed by atoms with E-state index in [1.165, 1.54) is 0 Å². The van der Waals surface area contributed by atoms with Crippen LogP contribution in [-0.4, -0.2) is 18.8 Å². The molecular formula is C7H16N2. The lowest BCUT2D eigenvalue weighted by molar-refractivity contribution is 0.806. The smallest absolute Gasteiger partial charge is 0.0399 e. The van der Waals surface area contributed by atoms with E-state index < -0.39 is 0 Å². The fraction of sp³-hybridized carbons (Fsp3) is 0.857. The van der Waals surface area contributed by atoms with E-state index in [1.54, 1.807) is 7.05 Å². The van der Waals surface area contributed by atoms with E-state index in [0.29, 0.717) is 5.92 Å². The minimum Gasteiger partial charge on any atom is -0.323 e. The van der Waals surface area contributed by atoms with Crippen LogP contribution in [0.5, 0.6) is 0 Å². The zero-order valence-corrected chi connectivity index (χ0v) is 6.68. The summed E-state index contributed by atoms with van der Waals surface area (Å²) in [7, 11) is 1.79. The summed E-state index contributed by atoms with van der Waals surface area (Å²) in [5, 5.41) is 0. The predicted molar refractivity (Wildman–Crippen MR) is 41.8 cm³/mol. The van der Waals surface area contributed by atoms with Crippen LogP contribution in [0.4, 0.5) is 0 Å². The van der Waals surface area contributed by atoms with Crippen molar-refractivity contribution in [3.63, 3.8) is 0 Å². The van der Waals surface area contributed by atoms with Crippen molar-refractivity contribution in [1.82, 2.24) is 0 Å². The molecule has 0 aliphatic carbocycles. The van der Waals surface area contributed by atoms with E-state index >= 15 is 0 Å². The van der Waals surface area contributed by atoms with Gasteiger partial charge in [-0.15, -0.1) is 0 Å². The molecule has 0 aliphatic heterocycles. The summed E-state index contributed by atoms with van der Waals surface area (Å²) in [6, 6.07) is 0.106. The van der Waals surface area contributed by atoms with Gasteiger partial charge in [-0.25, -0.2) is 0 Å². The maximum atomic E-state index is 5.62. The lowest BCUT2D eigenvalue weighted by Gasteiger charge is -2.11. The Morgan fingerprint density at radius 3 is 1.78 bits per heavy atom. The third kappa shape index (κ3) is 2.61. The maximum Gasteiger partial charge on any atom is 0.0399 e. The Morgan fingerprint density at radius 2 is 1.78 bits per heavy atom. The maximum absolute atomic E-state index is 5.62. The van der Waals surface area contributed by atoms with Gasteiger partial charge in [0.15, 0.2) is 0 Å². The number of aliphatic imine (C=N–C) groups is 1. The molecule has 0 aliphatic rings. The lowest BCUT2D eigenvalue weighted by Crippen LogP contribution is -2.30. The third-order valence-corrected chi connectivity index (χ3v) is 1.32. The molecule has 54 valence electrons. The van der Waals surface area contributed by atoms with Crippen molar-refractivity contribution in [3.8, 4) is 0 Å². The monoisotopic (exact) mass is 128 g/mol. The number of nitrogens with two attached hydrogens (primary N) is 1. The molecule has 9 heavy (non-hydrogen) atoms. The van der Waals surface area contributed by atoms with E-state index in [1.807, 2.05) is 6.92 Å². The second kappa shape index (κ2) is 3.62. The molecule has 0 radical (unpaired) electrons. The zero-order valence-electron chi connectivity index (χ0n) is 6.68. The fourth-order valence-corrected chi connectivity index (χ4v) is 0.988. The van der Waals surface area contributed by atoms with Crippen molar-refractivity contribution < 1.29 is 0 Å². The topological polar surface area (TPSA) is 38.4 Å². The zero-order chi connectivity index (χ0) is 7.44. The average Bonchev–Trinajstić information content (AvgIpc) is 1.64. The summed E-state index contributed by atoms with van der Waals surface area (Å²) >= 11 is 0. The number of nitrogens with zero attached hydrogens (tertiary/aromatic N) is 1. The first-order chi connectivity index (χ1) is 4.09. The summed E-state index contributed by atoms with van der Waals surface area (Å²) in [5.41, 5.74) is 6.71. The van der Waals surface area contributed by atoms with Crippen molar-refractivity contribution in [2.24, 2.45) is 16.6 Å². The summed E-state index contributed by atoms with van der Waals surface area (Å²) in [6.07, 6.45) is 0. The highest BCUT2D eigenvalue weighted by Gasteiger charge is 2.07. The number of hydrogen-bond acceptors (Lipinski definition) is 2. The molecule has 0 aromatic carbocycles. The van der Waals surface area contributed by atoms with Crippen molar-refractivity contribution in [2.75, 3.05) is 7.05 Å². The van der Waals surface area contributed by atoms with Crippen LogP contribution in [-0.2, 0) is 0 Å². The Morgan fingerprint density at radius 1 is 1.33 bits per heavy atom. The van der Waals surface area contributed by atoms with Gasteiger partial charge in [-0.3, -0.25) is 4.99 Å². The van der Waals surface area contributed by atoms with E-state index in [-0.39, 0.29) is 6.04 Å². The van der Waals surface area contributed by atoms with Gasteiger partial charge < -0.3 is 5.73 Å². The molecule has 0 heterocycles. The molecule has 0 spiro atoms. The van der Waals surface area contributed by atoms with Crippen LogP contribution in [0.1, 0.15) is 20.8 Å². The molecule has 2 nitrogen and oxygen atoms in total. The Hall–Kier alpha value is -0.370. The second-order valence-electron chi connectivity index (χ2n) is 2.59. The Labute approximate surface area is 57.2 Å². The molecule has 1 atom stereocenters. The largest absolute Gasteiger partial charge is 0.323 e. The van der Waals surface area contributed by atoms with Gasteiger partial charge in [0.05, 0.1) is 0 Å². The third-order valence-electron chi connectivity index (χ3n) is 1.32. The van der Waals surface area contributed by atoms with Crippen molar-refractivity contribution in [1.29, 1.82) is 0 Å². The number of hydrogen-bond donors (Lipinski definition) is 1. The van der Waals surface area contributed by atoms with Gasteiger partial charge in [-0.2, -0.15) is 0 Å². The van der Waals surface area contributed by atoms with Gasteiger partial charge in [0.25, 0.3) is 0 Å². The van der Waals surface area contributed by atoms with Crippen LogP contribution in [0, 0.1) is 5.92 Å². The Balaban J connectivity index is 4.01. The lowest BCUT2D eigenvalue weighted by atomic mass is 10.0. The molecule has 0 aromatic rings. The normalized spacial score (nSPS) is 16.4. The van der Waals surface area contributed by atoms with Gasteiger partial charge in [0.2, 0.25) is 0 Å². The van der Waals surface area contributed by atoms with E-state index in [4.69, 9.17) is 5.73 Å². The van der Waals surface area contributed by atoms with Crippen LogP contribution >= 0.6 is 0 Å². The van der Waals surface area contributed by atoms with Crippen LogP contribution in [0.2, 0.25) is 0 Å². The van der Waals surface area contributed by atoms with Crippen molar-refractivity contribution in [2.45, 2.75) is 26.8 Å².